The van der Waals surface area contributed by atoms with Gasteiger partial charge in [0, 0.05) is 24.7 Å². The molecule has 8 heteroatoms. The number of nitrogens with zero attached hydrogens (tertiary/aromatic N) is 5. The molecule has 1 spiro atoms. The first-order chi connectivity index (χ1) is 22.5. The van der Waals surface area contributed by atoms with Crippen LogP contribution in [-0.2, 0) is 9.53 Å². The average Bonchev–Trinajstić information content (AvgIpc) is 3.60. The molecule has 1 aliphatic heterocycles. The van der Waals surface area contributed by atoms with Crippen molar-refractivity contribution >= 4 is 17.8 Å². The fraction of sp³-hybridized carbons (Fsp3) is 0.538. The number of rotatable bonds is 9. The molecule has 4 bridgehead atoms. The Labute approximate surface area is 279 Å². The molecular formula is C39H49N5O3. The van der Waals surface area contributed by atoms with Crippen molar-refractivity contribution in [3.8, 4) is 16.9 Å². The molecule has 1 aromatic heterocycles. The number of amides is 1. The van der Waals surface area contributed by atoms with Crippen molar-refractivity contribution in [2.75, 3.05) is 34.2 Å². The van der Waals surface area contributed by atoms with E-state index in [0.717, 1.165) is 84.1 Å². The monoisotopic (exact) mass is 635 g/mol. The van der Waals surface area contributed by atoms with Gasteiger partial charge < -0.3 is 14.5 Å². The lowest BCUT2D eigenvalue weighted by Crippen LogP contribution is -2.59. The highest BCUT2D eigenvalue weighted by Crippen LogP contribution is 2.61. The van der Waals surface area contributed by atoms with Crippen molar-refractivity contribution in [3.05, 3.63) is 70.4 Å². The van der Waals surface area contributed by atoms with Crippen LogP contribution in [0.1, 0.15) is 91.0 Å². The summed E-state index contributed by atoms with van der Waals surface area (Å²) in [6.07, 6.45) is 6.54. The van der Waals surface area contributed by atoms with Crippen molar-refractivity contribution in [3.63, 3.8) is 0 Å². The van der Waals surface area contributed by atoms with Crippen molar-refractivity contribution in [1.29, 1.82) is 0 Å². The lowest BCUT2D eigenvalue weighted by molar-refractivity contribution is -0.153. The Kier molecular flexibility index (Phi) is 8.14. The molecule has 8 nitrogen and oxygen atoms in total. The number of ether oxygens (including phenoxy) is 1. The predicted octanol–water partition coefficient (Wildman–Crippen LogP) is 6.80. The minimum Gasteiger partial charge on any atom is -0.404 e. The second-order valence-electron chi connectivity index (χ2n) is 15.3. The predicted molar refractivity (Wildman–Crippen MR) is 185 cm³/mol. The lowest BCUT2D eigenvalue weighted by atomic mass is 9.49. The van der Waals surface area contributed by atoms with Crippen molar-refractivity contribution in [2.24, 2.45) is 28.7 Å². The van der Waals surface area contributed by atoms with E-state index in [-0.39, 0.29) is 29.6 Å². The Balaban J connectivity index is 1.30. The first kappa shape index (κ1) is 31.8. The summed E-state index contributed by atoms with van der Waals surface area (Å²) in [5.41, 5.74) is 6.72. The molecular weight excluding hydrogens is 586 g/mol. The second-order valence-corrected chi connectivity index (χ2v) is 15.3. The molecule has 0 unspecified atom stereocenters. The van der Waals surface area contributed by atoms with E-state index in [1.807, 2.05) is 55.0 Å². The highest BCUT2D eigenvalue weighted by molar-refractivity contribution is 6.08. The van der Waals surface area contributed by atoms with Gasteiger partial charge in [0.05, 0.1) is 11.4 Å². The molecule has 0 radical (unpaired) electrons. The summed E-state index contributed by atoms with van der Waals surface area (Å²) in [7, 11) is 5.97. The molecule has 5 aliphatic rings. The molecule has 2 aromatic carbocycles. The number of benzene rings is 2. The number of hydrogen-bond acceptors (Lipinski definition) is 6. The summed E-state index contributed by atoms with van der Waals surface area (Å²) < 4.78 is 8.09. The third kappa shape index (κ3) is 5.42. The van der Waals surface area contributed by atoms with Crippen LogP contribution in [0.25, 0.3) is 16.9 Å². The fourth-order valence-corrected chi connectivity index (χ4v) is 9.29. The Bertz CT molecular complexity index is 1700. The van der Waals surface area contributed by atoms with E-state index in [0.29, 0.717) is 23.7 Å². The lowest BCUT2D eigenvalue weighted by Gasteiger charge is -2.56. The number of carbonyl (C=O) groups is 2. The summed E-state index contributed by atoms with van der Waals surface area (Å²) in [4.78, 5) is 36.5. The Hall–Kier alpha value is -3.78. The number of aromatic nitrogens is 2. The van der Waals surface area contributed by atoms with E-state index in [2.05, 4.69) is 50.8 Å². The maximum Gasteiger partial charge on any atom is 0.341 e. The van der Waals surface area contributed by atoms with Crippen molar-refractivity contribution < 1.29 is 14.3 Å². The van der Waals surface area contributed by atoms with E-state index >= 15 is 0 Å². The van der Waals surface area contributed by atoms with E-state index < -0.39 is 5.54 Å². The van der Waals surface area contributed by atoms with Gasteiger partial charge in [0.15, 0.2) is 5.54 Å². The molecule has 4 aliphatic carbocycles. The Morgan fingerprint density at radius 3 is 2.23 bits per heavy atom. The van der Waals surface area contributed by atoms with Gasteiger partial charge in [-0.25, -0.2) is 14.5 Å². The molecule has 248 valence electrons. The minimum absolute atomic E-state index is 0.0153. The van der Waals surface area contributed by atoms with Gasteiger partial charge in [0.2, 0.25) is 5.90 Å². The van der Waals surface area contributed by atoms with Crippen LogP contribution in [0.3, 0.4) is 0 Å². The number of hydrogen-bond donors (Lipinski definition) is 0. The van der Waals surface area contributed by atoms with Gasteiger partial charge in [-0.3, -0.25) is 4.79 Å². The van der Waals surface area contributed by atoms with Gasteiger partial charge in [-0.2, -0.15) is 5.10 Å². The maximum atomic E-state index is 13.8. The zero-order valence-corrected chi connectivity index (χ0v) is 29.0. The highest BCUT2D eigenvalue weighted by Gasteiger charge is 2.64. The molecule has 4 saturated carbocycles. The first-order valence-corrected chi connectivity index (χ1v) is 17.5. The number of aliphatic imine (C=N–C) groups is 1. The normalized spacial score (nSPS) is 26.1. The fourth-order valence-electron chi connectivity index (χ4n) is 9.29. The zero-order chi connectivity index (χ0) is 33.2. The van der Waals surface area contributed by atoms with Crippen LogP contribution in [0.15, 0.2) is 47.5 Å². The average molecular weight is 636 g/mol. The van der Waals surface area contributed by atoms with Crippen LogP contribution in [0, 0.1) is 37.5 Å². The first-order valence-electron chi connectivity index (χ1n) is 17.5. The van der Waals surface area contributed by atoms with E-state index in [4.69, 9.17) is 14.8 Å². The summed E-state index contributed by atoms with van der Waals surface area (Å²) >= 11 is 0. The molecule has 1 amide bonds. The second kappa shape index (κ2) is 12.0. The van der Waals surface area contributed by atoms with Crippen molar-refractivity contribution in [2.45, 2.75) is 77.7 Å². The topological polar surface area (TPSA) is 80.0 Å². The molecule has 0 N–H and O–H groups in total. The van der Waals surface area contributed by atoms with Gasteiger partial charge in [0.25, 0.3) is 5.91 Å². The van der Waals surface area contributed by atoms with Gasteiger partial charge >= 0.3 is 5.97 Å². The molecule has 0 atom stereocenters. The van der Waals surface area contributed by atoms with Crippen molar-refractivity contribution in [1.82, 2.24) is 19.6 Å². The molecule has 47 heavy (non-hydrogen) atoms. The standard InChI is InChI=1S/C39H49N5O3/c1-23(2)31-21-28(37(45)43(7)15-9-14-42(5)6)12-13-33(31)44-34(35-24(3)10-8-11-25(35)4)22-32(41-44)36-40-39(38(46)47-36)29-17-26-16-27(19-29)20-30(39)18-26/h8,10-13,21-23,26-27,29-30H,9,14-20H2,1-7H3. The molecule has 8 rings (SSSR count). The van der Waals surface area contributed by atoms with Crippen LogP contribution in [0.5, 0.6) is 0 Å². The Morgan fingerprint density at radius 2 is 1.62 bits per heavy atom. The zero-order valence-electron chi connectivity index (χ0n) is 29.0. The van der Waals surface area contributed by atoms with Crippen LogP contribution in [0.2, 0.25) is 0 Å². The largest absolute Gasteiger partial charge is 0.404 e. The van der Waals surface area contributed by atoms with Gasteiger partial charge in [-0.05, 0) is 144 Å². The van der Waals surface area contributed by atoms with Gasteiger partial charge in [-0.15, -0.1) is 0 Å². The van der Waals surface area contributed by atoms with E-state index in [1.165, 1.54) is 6.42 Å². The SMILES string of the molecule is Cc1cccc(C)c1-c1cc(C2=NC3(C(=O)O2)C2CC4CC(C2)CC3C4)nn1-c1ccc(C(=O)N(C)CCCN(C)C)cc1C(C)C. The molecule has 2 heterocycles. The van der Waals surface area contributed by atoms with E-state index in [1.54, 1.807) is 0 Å². The third-order valence-electron chi connectivity index (χ3n) is 11.4. The van der Waals surface area contributed by atoms with Gasteiger partial charge in [-0.1, -0.05) is 32.0 Å². The van der Waals surface area contributed by atoms with Gasteiger partial charge in [0.1, 0.15) is 5.69 Å². The Morgan fingerprint density at radius 1 is 0.957 bits per heavy atom. The summed E-state index contributed by atoms with van der Waals surface area (Å²) in [5, 5.41) is 5.17. The number of aryl methyl sites for hydroxylation is 2. The van der Waals surface area contributed by atoms with Crippen LogP contribution in [0.4, 0.5) is 0 Å². The van der Waals surface area contributed by atoms with Crippen LogP contribution >= 0.6 is 0 Å². The quantitative estimate of drug-likeness (QED) is 0.242. The minimum atomic E-state index is -0.755. The maximum absolute atomic E-state index is 13.8. The van der Waals surface area contributed by atoms with Crippen LogP contribution < -0.4 is 0 Å². The molecule has 3 aromatic rings. The molecule has 4 fully saturated rings. The third-order valence-corrected chi connectivity index (χ3v) is 11.4. The highest BCUT2D eigenvalue weighted by atomic mass is 16.6. The number of carbonyl (C=O) groups excluding carboxylic acids is 2. The summed E-state index contributed by atoms with van der Waals surface area (Å²) in [6, 6.07) is 14.3. The van der Waals surface area contributed by atoms with E-state index in [9.17, 15) is 9.59 Å². The number of cyclic esters (lactones) is 1. The summed E-state index contributed by atoms with van der Waals surface area (Å²) in [6.45, 7) is 10.2. The van der Waals surface area contributed by atoms with Crippen LogP contribution in [-0.4, -0.2) is 77.1 Å². The molecule has 0 saturated heterocycles. The smallest absolute Gasteiger partial charge is 0.341 e. The number of esters is 1. The summed E-state index contributed by atoms with van der Waals surface area (Å²) in [5.74, 6) is 2.31.